The highest BCUT2D eigenvalue weighted by molar-refractivity contribution is 5.67. The van der Waals surface area contributed by atoms with Gasteiger partial charge in [-0.3, -0.25) is 9.59 Å². The molecule has 4 rings (SSSR count). The third kappa shape index (κ3) is 5.60. The molecule has 0 radical (unpaired) electrons. The summed E-state index contributed by atoms with van der Waals surface area (Å²) >= 11 is 0. The molecule has 5 atom stereocenters. The molecule has 0 amide bonds. The first-order chi connectivity index (χ1) is 16.3. The van der Waals surface area contributed by atoms with Gasteiger partial charge >= 0.3 is 11.9 Å². The zero-order valence-electron chi connectivity index (χ0n) is 22.3. The molecular weight excluding hydrogens is 440 g/mol. The van der Waals surface area contributed by atoms with E-state index in [2.05, 4.69) is 25.7 Å². The van der Waals surface area contributed by atoms with E-state index in [1.807, 2.05) is 13.8 Å². The van der Waals surface area contributed by atoms with E-state index in [4.69, 9.17) is 9.47 Å². The number of hydrogen-bond acceptors (Lipinski definition) is 5. The Hall–Kier alpha value is -1.88. The predicted octanol–water partition coefficient (Wildman–Crippen LogP) is 6.21. The molecule has 5 nitrogen and oxygen atoms in total. The number of hydrogen-bond donors (Lipinski definition) is 1. The molecule has 4 saturated carbocycles. The van der Waals surface area contributed by atoms with Crippen LogP contribution in [-0.2, 0) is 19.1 Å². The third-order valence-electron chi connectivity index (χ3n) is 9.25. The Labute approximate surface area is 211 Å². The minimum Gasteiger partial charge on any atom is -0.462 e. The van der Waals surface area contributed by atoms with Crippen LogP contribution < -0.4 is 0 Å². The van der Waals surface area contributed by atoms with Gasteiger partial charge in [0.15, 0.2) is 0 Å². The second kappa shape index (κ2) is 9.53. The van der Waals surface area contributed by atoms with E-state index in [9.17, 15) is 14.7 Å². The molecular formula is C30H44O5. The van der Waals surface area contributed by atoms with Gasteiger partial charge in [0.05, 0.1) is 5.60 Å². The van der Waals surface area contributed by atoms with Crippen LogP contribution in [0.4, 0.5) is 0 Å². The molecule has 0 saturated heterocycles. The van der Waals surface area contributed by atoms with Gasteiger partial charge in [-0.25, -0.2) is 0 Å². The highest BCUT2D eigenvalue weighted by atomic mass is 16.6. The summed E-state index contributed by atoms with van der Waals surface area (Å²) in [6, 6.07) is 0. The van der Waals surface area contributed by atoms with Crippen molar-refractivity contribution >= 4 is 11.9 Å². The van der Waals surface area contributed by atoms with E-state index in [0.29, 0.717) is 30.1 Å². The number of carbonyl (C=O) groups is 2. The van der Waals surface area contributed by atoms with Crippen LogP contribution in [0.25, 0.3) is 0 Å². The van der Waals surface area contributed by atoms with Crippen LogP contribution >= 0.6 is 0 Å². The molecule has 0 aromatic heterocycles. The van der Waals surface area contributed by atoms with E-state index in [1.165, 1.54) is 57.9 Å². The average Bonchev–Trinajstić information content (AvgIpc) is 3.37. The Kier molecular flexibility index (Phi) is 7.13. The Morgan fingerprint density at radius 3 is 2.40 bits per heavy atom. The number of allylic oxidation sites excluding steroid dienone is 3. The number of ether oxygens (including phenoxy) is 2. The Morgan fingerprint density at radius 1 is 1.11 bits per heavy atom. The molecule has 4 aliphatic rings. The monoisotopic (exact) mass is 484 g/mol. The van der Waals surface area contributed by atoms with Gasteiger partial charge in [-0.15, -0.1) is 0 Å². The second-order valence-electron chi connectivity index (χ2n) is 12.6. The first kappa shape index (κ1) is 26.2. The fraction of sp³-hybridized carbons (Fsp3) is 0.733. The highest BCUT2D eigenvalue weighted by Crippen LogP contribution is 2.70. The zero-order chi connectivity index (χ0) is 25.6. The molecule has 5 heteroatoms. The SMILES string of the molecule is C=C1/C(=C\C=C2/CCC[C@@]3(C)C2CCC3C2(CC(C)(C)O)CC2)CC(OC(C)=O)C[C@@H]1OC(C)=O. The molecule has 0 aliphatic heterocycles. The van der Waals surface area contributed by atoms with Crippen LogP contribution in [0.2, 0.25) is 0 Å². The summed E-state index contributed by atoms with van der Waals surface area (Å²) in [5.74, 6) is 0.580. The molecule has 194 valence electrons. The number of aliphatic hydroxyl groups is 1. The molecule has 35 heavy (non-hydrogen) atoms. The summed E-state index contributed by atoms with van der Waals surface area (Å²) in [4.78, 5) is 23.2. The third-order valence-corrected chi connectivity index (χ3v) is 9.25. The average molecular weight is 485 g/mol. The van der Waals surface area contributed by atoms with E-state index in [1.54, 1.807) is 0 Å². The maximum atomic E-state index is 11.6. The van der Waals surface area contributed by atoms with Gasteiger partial charge in [-0.2, -0.15) is 0 Å². The van der Waals surface area contributed by atoms with Crippen LogP contribution in [0.1, 0.15) is 98.8 Å². The van der Waals surface area contributed by atoms with E-state index >= 15 is 0 Å². The lowest BCUT2D eigenvalue weighted by Crippen LogP contribution is -2.39. The van der Waals surface area contributed by atoms with Crippen molar-refractivity contribution in [3.63, 3.8) is 0 Å². The lowest BCUT2D eigenvalue weighted by molar-refractivity contribution is -0.152. The summed E-state index contributed by atoms with van der Waals surface area (Å²) in [6.45, 7) is 13.5. The molecule has 0 spiro atoms. The van der Waals surface area contributed by atoms with Gasteiger partial charge in [-0.1, -0.05) is 31.2 Å². The van der Waals surface area contributed by atoms with E-state index in [0.717, 1.165) is 24.0 Å². The lowest BCUT2D eigenvalue weighted by Gasteiger charge is -2.46. The standard InChI is InChI=1S/C30H44O5/c1-19-23(16-24(34-20(2)31)17-26(19)35-21(3)32)10-9-22-8-7-13-29(6)25(22)11-12-27(29)30(14-15-30)18-28(4,5)33/h9-10,24-27,33H,1,7-8,11-18H2,2-6H3/b22-9+,23-10-/t24?,25?,26-,27?,29-/m0/s1. The minimum atomic E-state index is -0.610. The number of esters is 2. The van der Waals surface area contributed by atoms with Gasteiger partial charge in [0.1, 0.15) is 12.2 Å². The fourth-order valence-corrected chi connectivity index (χ4v) is 7.99. The first-order valence-corrected chi connectivity index (χ1v) is 13.5. The second-order valence-corrected chi connectivity index (χ2v) is 12.6. The number of carbonyl (C=O) groups excluding carboxylic acids is 2. The topological polar surface area (TPSA) is 72.8 Å². The van der Waals surface area contributed by atoms with Crippen LogP contribution in [-0.4, -0.2) is 34.9 Å². The minimum absolute atomic E-state index is 0.286. The summed E-state index contributed by atoms with van der Waals surface area (Å²) in [6.07, 6.45) is 14.2. The van der Waals surface area contributed by atoms with E-state index in [-0.39, 0.29) is 23.5 Å². The predicted molar refractivity (Wildman–Crippen MR) is 136 cm³/mol. The fourth-order valence-electron chi connectivity index (χ4n) is 7.99. The normalized spacial score (nSPS) is 36.7. The maximum Gasteiger partial charge on any atom is 0.303 e. The van der Waals surface area contributed by atoms with Crippen molar-refractivity contribution in [2.45, 2.75) is 117 Å². The van der Waals surface area contributed by atoms with Crippen molar-refractivity contribution in [3.8, 4) is 0 Å². The largest absolute Gasteiger partial charge is 0.462 e. The van der Waals surface area contributed by atoms with Gasteiger partial charge in [0, 0.05) is 26.7 Å². The highest BCUT2D eigenvalue weighted by Gasteiger charge is 2.61. The number of rotatable bonds is 6. The summed E-state index contributed by atoms with van der Waals surface area (Å²) < 4.78 is 11.0. The molecule has 0 bridgehead atoms. The summed E-state index contributed by atoms with van der Waals surface area (Å²) in [7, 11) is 0. The van der Waals surface area contributed by atoms with Crippen molar-refractivity contribution < 1.29 is 24.2 Å². The van der Waals surface area contributed by atoms with Gasteiger partial charge in [0.25, 0.3) is 0 Å². The van der Waals surface area contributed by atoms with Gasteiger partial charge in [-0.05, 0) is 99.0 Å². The molecule has 1 N–H and O–H groups in total. The molecule has 0 aromatic carbocycles. The van der Waals surface area contributed by atoms with Crippen molar-refractivity contribution in [2.24, 2.45) is 22.7 Å². The van der Waals surface area contributed by atoms with Crippen LogP contribution in [0.3, 0.4) is 0 Å². The molecule has 0 heterocycles. The smallest absolute Gasteiger partial charge is 0.303 e. The quantitative estimate of drug-likeness (QED) is 0.454. The van der Waals surface area contributed by atoms with E-state index < -0.39 is 11.7 Å². The maximum absolute atomic E-state index is 11.6. The molecule has 0 aromatic rings. The summed E-state index contributed by atoms with van der Waals surface area (Å²) in [5, 5.41) is 10.6. The van der Waals surface area contributed by atoms with Crippen molar-refractivity contribution in [1.29, 1.82) is 0 Å². The van der Waals surface area contributed by atoms with Crippen LogP contribution in [0.5, 0.6) is 0 Å². The Balaban J connectivity index is 1.56. The first-order valence-electron chi connectivity index (χ1n) is 13.5. The summed E-state index contributed by atoms with van der Waals surface area (Å²) in [5.41, 5.74) is 3.32. The van der Waals surface area contributed by atoms with Crippen LogP contribution in [0, 0.1) is 22.7 Å². The number of fused-ring (bicyclic) bond motifs is 1. The lowest BCUT2D eigenvalue weighted by atomic mass is 9.59. The van der Waals surface area contributed by atoms with Gasteiger partial charge in [0.2, 0.25) is 0 Å². The Bertz CT molecular complexity index is 931. The zero-order valence-corrected chi connectivity index (χ0v) is 22.3. The van der Waals surface area contributed by atoms with Crippen molar-refractivity contribution in [2.75, 3.05) is 0 Å². The van der Waals surface area contributed by atoms with Crippen molar-refractivity contribution in [1.82, 2.24) is 0 Å². The van der Waals surface area contributed by atoms with Crippen molar-refractivity contribution in [3.05, 3.63) is 35.5 Å². The Morgan fingerprint density at radius 2 is 1.80 bits per heavy atom. The van der Waals surface area contributed by atoms with Crippen LogP contribution in [0.15, 0.2) is 35.5 Å². The molecule has 3 unspecified atom stereocenters. The van der Waals surface area contributed by atoms with Gasteiger partial charge < -0.3 is 14.6 Å². The molecule has 4 aliphatic carbocycles. The molecule has 4 fully saturated rings.